The standard InChI is InChI=1S/C32H30ClF5N6O3S/c1-14(45)19-12-46-27-23-26(25(38)22(24(27)33)16-3-4-18(35)28-21(16)17(10-39)29(40)48-28)41-31(42-30(23)44(19)8-5-20(36)37)47-13-32-6-2-7-43(32)11-15(34)9-32/h3-4,14-15,19-20,45H,2,5-9,11-13,40H2,1H3/t14-,15+,19+,32-/m0/s1. The number of nitriles is 1. The van der Waals surface area contributed by atoms with Crippen molar-refractivity contribution >= 4 is 54.7 Å². The number of thiophene rings is 1. The highest BCUT2D eigenvalue weighted by molar-refractivity contribution is 7.23. The number of halogens is 6. The van der Waals surface area contributed by atoms with E-state index in [1.807, 2.05) is 11.0 Å². The number of rotatable bonds is 8. The molecule has 0 radical (unpaired) electrons. The number of nitrogens with zero attached hydrogens (tertiary/aromatic N) is 5. The van der Waals surface area contributed by atoms with Crippen molar-refractivity contribution in [2.24, 2.45) is 0 Å². The van der Waals surface area contributed by atoms with Gasteiger partial charge in [-0.25, -0.2) is 22.0 Å². The van der Waals surface area contributed by atoms with E-state index in [0.717, 1.165) is 23.8 Å². The molecule has 2 aromatic carbocycles. The van der Waals surface area contributed by atoms with Gasteiger partial charge in [-0.05, 0) is 37.9 Å². The summed E-state index contributed by atoms with van der Waals surface area (Å²) in [5.74, 6) is -1.80. The number of ether oxygens (including phenoxy) is 2. The number of hydrogen-bond acceptors (Lipinski definition) is 10. The molecule has 9 nitrogen and oxygen atoms in total. The van der Waals surface area contributed by atoms with E-state index in [0.29, 0.717) is 13.0 Å². The molecular weight excluding hydrogens is 679 g/mol. The summed E-state index contributed by atoms with van der Waals surface area (Å²) >= 11 is 7.75. The van der Waals surface area contributed by atoms with Gasteiger partial charge in [-0.15, -0.1) is 11.3 Å². The largest absolute Gasteiger partial charge is 0.489 e. The maximum absolute atomic E-state index is 17.1. The number of alkyl halides is 3. The average Bonchev–Trinajstić information content (AvgIpc) is 3.64. The molecule has 0 amide bonds. The van der Waals surface area contributed by atoms with Crippen molar-refractivity contribution in [1.29, 1.82) is 5.26 Å². The predicted molar refractivity (Wildman–Crippen MR) is 172 cm³/mol. The van der Waals surface area contributed by atoms with Crippen LogP contribution in [0.25, 0.3) is 32.1 Å². The third kappa shape index (κ3) is 5.24. The number of aliphatic hydroxyl groups is 1. The third-order valence-electron chi connectivity index (χ3n) is 9.59. The molecule has 4 atom stereocenters. The number of aliphatic hydroxyl groups excluding tert-OH is 1. The lowest BCUT2D eigenvalue weighted by Gasteiger charge is -2.33. The van der Waals surface area contributed by atoms with Crippen LogP contribution in [0.5, 0.6) is 11.8 Å². The van der Waals surface area contributed by atoms with Crippen molar-refractivity contribution in [1.82, 2.24) is 14.9 Å². The SMILES string of the molecule is C[C@H](O)[C@H]1COc2c(Cl)c(-c3ccc(F)c4sc(N)c(C#N)c34)c(F)c3nc(OC[C@@]45CCCN4C[C@H](F)C5)nc(c23)N1CCC(F)F. The molecule has 16 heteroatoms. The van der Waals surface area contributed by atoms with E-state index in [1.165, 1.54) is 17.9 Å². The Balaban J connectivity index is 1.47. The van der Waals surface area contributed by atoms with E-state index < -0.39 is 48.3 Å². The van der Waals surface area contributed by atoms with Crippen molar-refractivity contribution in [3.05, 3.63) is 34.4 Å². The van der Waals surface area contributed by atoms with Gasteiger partial charge >= 0.3 is 6.01 Å². The summed E-state index contributed by atoms with van der Waals surface area (Å²) in [6.07, 6.45) is -3.69. The second-order valence-electron chi connectivity index (χ2n) is 12.5. The molecule has 3 aliphatic rings. The van der Waals surface area contributed by atoms with Crippen molar-refractivity contribution in [2.45, 2.75) is 62.9 Å². The first kappa shape index (κ1) is 32.8. The molecule has 3 aliphatic heterocycles. The van der Waals surface area contributed by atoms with Crippen LogP contribution in [0.3, 0.4) is 0 Å². The molecule has 0 unspecified atom stereocenters. The summed E-state index contributed by atoms with van der Waals surface area (Å²) < 4.78 is 85.9. The minimum absolute atomic E-state index is 0.00104. The smallest absolute Gasteiger partial charge is 0.319 e. The van der Waals surface area contributed by atoms with Crippen LogP contribution in [0, 0.1) is 23.0 Å². The first-order valence-corrected chi connectivity index (χ1v) is 16.6. The molecule has 2 saturated heterocycles. The highest BCUT2D eigenvalue weighted by Crippen LogP contribution is 2.51. The average molecular weight is 709 g/mol. The molecule has 0 aliphatic carbocycles. The Hall–Kier alpha value is -3.71. The van der Waals surface area contributed by atoms with Crippen LogP contribution < -0.4 is 20.1 Å². The summed E-state index contributed by atoms with van der Waals surface area (Å²) in [6, 6.07) is 3.13. The number of benzene rings is 2. The Labute approximate surface area is 280 Å². The number of anilines is 2. The Morgan fingerprint density at radius 2 is 2.08 bits per heavy atom. The lowest BCUT2D eigenvalue weighted by Crippen LogP contribution is -2.47. The number of nitrogen functional groups attached to an aromatic ring is 1. The summed E-state index contributed by atoms with van der Waals surface area (Å²) in [6.45, 7) is 1.89. The fourth-order valence-corrected chi connectivity index (χ4v) is 8.64. The highest BCUT2D eigenvalue weighted by atomic mass is 35.5. The van der Waals surface area contributed by atoms with Gasteiger partial charge in [0.15, 0.2) is 11.6 Å². The highest BCUT2D eigenvalue weighted by Gasteiger charge is 2.49. The Kier molecular flexibility index (Phi) is 8.42. The zero-order valence-corrected chi connectivity index (χ0v) is 27.2. The molecule has 2 fully saturated rings. The number of fused-ring (bicyclic) bond motifs is 2. The van der Waals surface area contributed by atoms with Gasteiger partial charge in [0.2, 0.25) is 6.43 Å². The zero-order valence-electron chi connectivity index (χ0n) is 25.6. The molecule has 5 heterocycles. The summed E-state index contributed by atoms with van der Waals surface area (Å²) in [5, 5.41) is 20.4. The van der Waals surface area contributed by atoms with Crippen LogP contribution in [0.1, 0.15) is 38.2 Å². The van der Waals surface area contributed by atoms with Gasteiger partial charge in [0, 0.05) is 36.9 Å². The minimum Gasteiger partial charge on any atom is -0.489 e. The monoisotopic (exact) mass is 708 g/mol. The summed E-state index contributed by atoms with van der Waals surface area (Å²) in [5.41, 5.74) is 4.82. The second-order valence-corrected chi connectivity index (χ2v) is 13.9. The number of aromatic nitrogens is 2. The van der Waals surface area contributed by atoms with E-state index >= 15 is 4.39 Å². The first-order valence-electron chi connectivity index (χ1n) is 15.4. The number of nitrogens with two attached hydrogens (primary N) is 1. The number of hydrogen-bond donors (Lipinski definition) is 2. The second kappa shape index (κ2) is 12.3. The molecular formula is C32H30ClF5N6O3S. The zero-order chi connectivity index (χ0) is 34.1. The van der Waals surface area contributed by atoms with Gasteiger partial charge in [0.1, 0.15) is 47.6 Å². The molecule has 3 N–H and O–H groups in total. The Morgan fingerprint density at radius 3 is 2.81 bits per heavy atom. The fourth-order valence-electron chi connectivity index (χ4n) is 7.36. The molecule has 4 aromatic rings. The summed E-state index contributed by atoms with van der Waals surface area (Å²) in [7, 11) is 0. The van der Waals surface area contributed by atoms with Crippen LogP contribution in [-0.2, 0) is 0 Å². The Bertz CT molecular complexity index is 1970. The van der Waals surface area contributed by atoms with Gasteiger partial charge < -0.3 is 25.2 Å². The third-order valence-corrected chi connectivity index (χ3v) is 11.0. The van der Waals surface area contributed by atoms with E-state index in [2.05, 4.69) is 9.97 Å². The van der Waals surface area contributed by atoms with E-state index in [9.17, 15) is 27.9 Å². The summed E-state index contributed by atoms with van der Waals surface area (Å²) in [4.78, 5) is 12.4. The van der Waals surface area contributed by atoms with Gasteiger partial charge in [-0.1, -0.05) is 17.7 Å². The molecule has 0 spiro atoms. The maximum atomic E-state index is 17.1. The van der Waals surface area contributed by atoms with Crippen LogP contribution in [0.2, 0.25) is 5.02 Å². The molecule has 0 saturated carbocycles. The molecule has 0 bridgehead atoms. The van der Waals surface area contributed by atoms with Crippen LogP contribution in [0.15, 0.2) is 12.1 Å². The van der Waals surface area contributed by atoms with E-state index in [-0.39, 0.29) is 98.0 Å². The van der Waals surface area contributed by atoms with Crippen molar-refractivity contribution in [2.75, 3.05) is 43.5 Å². The lowest BCUT2D eigenvalue weighted by atomic mass is 9.95. The van der Waals surface area contributed by atoms with Gasteiger partial charge in [-0.2, -0.15) is 15.2 Å². The topological polar surface area (TPSA) is 121 Å². The van der Waals surface area contributed by atoms with E-state index in [4.69, 9.17) is 26.8 Å². The van der Waals surface area contributed by atoms with Crippen molar-refractivity contribution < 1.29 is 36.5 Å². The minimum atomic E-state index is -2.70. The van der Waals surface area contributed by atoms with Gasteiger partial charge in [-0.3, -0.25) is 4.90 Å². The first-order chi connectivity index (χ1) is 22.9. The van der Waals surface area contributed by atoms with Crippen LogP contribution >= 0.6 is 22.9 Å². The Morgan fingerprint density at radius 1 is 1.29 bits per heavy atom. The molecule has 254 valence electrons. The molecule has 2 aromatic heterocycles. The van der Waals surface area contributed by atoms with Gasteiger partial charge in [0.05, 0.1) is 38.4 Å². The molecule has 7 rings (SSSR count). The predicted octanol–water partition coefficient (Wildman–Crippen LogP) is 6.46. The fraction of sp³-hybridized carbons (Fsp3) is 0.469. The van der Waals surface area contributed by atoms with Crippen molar-refractivity contribution in [3.8, 4) is 29.0 Å². The molecule has 48 heavy (non-hydrogen) atoms. The van der Waals surface area contributed by atoms with Crippen LogP contribution in [-0.4, -0.2) is 83.1 Å². The van der Waals surface area contributed by atoms with E-state index in [1.54, 1.807) is 0 Å². The van der Waals surface area contributed by atoms with Gasteiger partial charge in [0.25, 0.3) is 0 Å². The van der Waals surface area contributed by atoms with Crippen molar-refractivity contribution in [3.63, 3.8) is 0 Å². The van der Waals surface area contributed by atoms with Crippen LogP contribution in [0.4, 0.5) is 32.8 Å². The normalized spacial score (nSPS) is 23.0. The quantitative estimate of drug-likeness (QED) is 0.199. The maximum Gasteiger partial charge on any atom is 0.319 e. The lowest BCUT2D eigenvalue weighted by molar-refractivity contribution is 0.107.